The van der Waals surface area contributed by atoms with Crippen LogP contribution in [0.5, 0.6) is 0 Å². The number of aromatic nitrogens is 2. The van der Waals surface area contributed by atoms with Crippen LogP contribution in [0.15, 0.2) is 30.6 Å². The van der Waals surface area contributed by atoms with Gasteiger partial charge in [0.15, 0.2) is 0 Å². The van der Waals surface area contributed by atoms with Crippen LogP contribution in [-0.2, 0) is 11.2 Å². The molecule has 5 rings (SSSR count). The molecular formula is C27H39N3O. The Kier molecular flexibility index (Phi) is 5.26. The molecule has 0 spiro atoms. The predicted octanol–water partition coefficient (Wildman–Crippen LogP) is 5.30. The van der Waals surface area contributed by atoms with Crippen molar-refractivity contribution in [3.63, 3.8) is 0 Å². The summed E-state index contributed by atoms with van der Waals surface area (Å²) in [5.41, 5.74) is 0.590. The van der Waals surface area contributed by atoms with E-state index < -0.39 is 0 Å². The molecule has 1 aromatic rings. The highest BCUT2D eigenvalue weighted by atomic mass is 16.2. The zero-order chi connectivity index (χ0) is 21.8. The second-order valence-electron chi connectivity index (χ2n) is 11.4. The normalized spacial score (nSPS) is 42.6. The number of carbonyl (C=O) groups excluding carboxylic acids is 1. The van der Waals surface area contributed by atoms with Crippen LogP contribution >= 0.6 is 0 Å². The molecule has 8 atom stereocenters. The SMILES string of the molecule is CCC(Cc1ncccn1)[C@H]1CC[C@H]2[C@@H]3CCC4N(C)C(=O)C=C[C@]4(C)[C@H]3CC[C@]12C. The molecule has 0 bridgehead atoms. The average Bonchev–Trinajstić information content (AvgIpc) is 3.13. The number of carbonyl (C=O) groups is 1. The van der Waals surface area contributed by atoms with Gasteiger partial charge in [0.1, 0.15) is 5.82 Å². The van der Waals surface area contributed by atoms with Gasteiger partial charge in [-0.2, -0.15) is 0 Å². The fraction of sp³-hybridized carbons (Fsp3) is 0.741. The topological polar surface area (TPSA) is 46.1 Å². The molecule has 3 fully saturated rings. The monoisotopic (exact) mass is 421 g/mol. The van der Waals surface area contributed by atoms with Gasteiger partial charge in [-0.1, -0.05) is 33.3 Å². The summed E-state index contributed by atoms with van der Waals surface area (Å²) in [6.45, 7) is 7.44. The van der Waals surface area contributed by atoms with Gasteiger partial charge in [-0.05, 0) is 85.7 Å². The molecule has 1 aromatic heterocycles. The van der Waals surface area contributed by atoms with Crippen LogP contribution < -0.4 is 0 Å². The summed E-state index contributed by atoms with van der Waals surface area (Å²) in [5.74, 6) is 5.02. The minimum absolute atomic E-state index is 0.146. The third-order valence-corrected chi connectivity index (χ3v) is 10.4. The van der Waals surface area contributed by atoms with Crippen LogP contribution in [0.25, 0.3) is 0 Å². The minimum Gasteiger partial charge on any atom is -0.338 e. The van der Waals surface area contributed by atoms with E-state index in [4.69, 9.17) is 0 Å². The van der Waals surface area contributed by atoms with Crippen LogP contribution in [0, 0.1) is 40.4 Å². The summed E-state index contributed by atoms with van der Waals surface area (Å²) in [5, 5.41) is 0. The van der Waals surface area contributed by atoms with Gasteiger partial charge in [0, 0.05) is 37.3 Å². The van der Waals surface area contributed by atoms with Crippen molar-refractivity contribution in [3.8, 4) is 0 Å². The molecule has 31 heavy (non-hydrogen) atoms. The maximum Gasteiger partial charge on any atom is 0.246 e. The molecule has 1 aliphatic heterocycles. The van der Waals surface area contributed by atoms with E-state index in [1.807, 2.05) is 36.5 Å². The highest BCUT2D eigenvalue weighted by Crippen LogP contribution is 2.66. The first kappa shape index (κ1) is 21.2. The second-order valence-corrected chi connectivity index (χ2v) is 11.4. The maximum absolute atomic E-state index is 12.3. The third-order valence-electron chi connectivity index (χ3n) is 10.4. The molecule has 4 nitrogen and oxygen atoms in total. The van der Waals surface area contributed by atoms with E-state index in [1.54, 1.807) is 0 Å². The van der Waals surface area contributed by atoms with Crippen molar-refractivity contribution in [3.05, 3.63) is 36.4 Å². The Morgan fingerprint density at radius 2 is 1.87 bits per heavy atom. The molecule has 0 saturated heterocycles. The van der Waals surface area contributed by atoms with E-state index in [1.165, 1.54) is 38.5 Å². The fourth-order valence-electron chi connectivity index (χ4n) is 8.79. The van der Waals surface area contributed by atoms with Crippen LogP contribution in [-0.4, -0.2) is 33.9 Å². The van der Waals surface area contributed by atoms with Gasteiger partial charge in [0.25, 0.3) is 0 Å². The van der Waals surface area contributed by atoms with Gasteiger partial charge in [-0.15, -0.1) is 0 Å². The summed E-state index contributed by atoms with van der Waals surface area (Å²) >= 11 is 0. The van der Waals surface area contributed by atoms with Gasteiger partial charge in [-0.3, -0.25) is 4.79 Å². The van der Waals surface area contributed by atoms with Crippen LogP contribution in [0.3, 0.4) is 0 Å². The summed E-state index contributed by atoms with van der Waals surface area (Å²) < 4.78 is 0. The van der Waals surface area contributed by atoms with Crippen molar-refractivity contribution >= 4 is 5.91 Å². The lowest BCUT2D eigenvalue weighted by molar-refractivity contribution is -0.139. The number of nitrogens with zero attached hydrogens (tertiary/aromatic N) is 3. The van der Waals surface area contributed by atoms with Crippen LogP contribution in [0.2, 0.25) is 0 Å². The van der Waals surface area contributed by atoms with Crippen molar-refractivity contribution < 1.29 is 4.79 Å². The molecule has 2 heterocycles. The van der Waals surface area contributed by atoms with E-state index in [-0.39, 0.29) is 11.3 Å². The van der Waals surface area contributed by atoms with Gasteiger partial charge < -0.3 is 4.90 Å². The molecule has 0 aromatic carbocycles. The van der Waals surface area contributed by atoms with Gasteiger partial charge in [0.05, 0.1) is 0 Å². The smallest absolute Gasteiger partial charge is 0.246 e. The van der Waals surface area contributed by atoms with Crippen LogP contribution in [0.4, 0.5) is 0 Å². The summed E-state index contributed by atoms with van der Waals surface area (Å²) in [6, 6.07) is 2.30. The molecule has 0 radical (unpaired) electrons. The number of fused-ring (bicyclic) bond motifs is 5. The molecule has 4 heteroatoms. The van der Waals surface area contributed by atoms with E-state index in [2.05, 4.69) is 36.8 Å². The number of hydrogen-bond donors (Lipinski definition) is 0. The number of rotatable bonds is 4. The number of hydrogen-bond acceptors (Lipinski definition) is 3. The lowest BCUT2D eigenvalue weighted by atomic mass is 9.47. The Morgan fingerprint density at radius 3 is 2.61 bits per heavy atom. The van der Waals surface area contributed by atoms with Crippen molar-refractivity contribution in [2.24, 2.45) is 40.4 Å². The van der Waals surface area contributed by atoms with Crippen molar-refractivity contribution in [2.75, 3.05) is 7.05 Å². The quantitative estimate of drug-likeness (QED) is 0.663. The zero-order valence-corrected chi connectivity index (χ0v) is 19.8. The van der Waals surface area contributed by atoms with E-state index in [0.29, 0.717) is 23.3 Å². The highest BCUT2D eigenvalue weighted by Gasteiger charge is 2.61. The largest absolute Gasteiger partial charge is 0.338 e. The first-order chi connectivity index (χ1) is 14.9. The van der Waals surface area contributed by atoms with Gasteiger partial charge in [0.2, 0.25) is 5.91 Å². The minimum atomic E-state index is 0.146. The molecule has 1 amide bonds. The Bertz CT molecular complexity index is 853. The van der Waals surface area contributed by atoms with Crippen molar-refractivity contribution in [2.45, 2.75) is 78.2 Å². The lowest BCUT2D eigenvalue weighted by Crippen LogP contribution is -2.59. The third kappa shape index (κ3) is 3.19. The standard InChI is InChI=1S/C27H39N3O/c1-5-18(17-24-28-15-6-16-29-24)20-8-9-21-19-7-10-23-27(3,14-12-25(31)30(23)4)22(19)11-13-26(20,21)2/h6,12,14-16,18-23H,5,7-11,13,17H2,1-4H3/t18?,19-,20+,21-,22-,23?,26+,27+/m0/s1. The Hall–Kier alpha value is -1.71. The van der Waals surface area contributed by atoms with Gasteiger partial charge in [-0.25, -0.2) is 9.97 Å². The number of likely N-dealkylation sites (N-methyl/N-ethyl adjacent to an activating group) is 1. The molecule has 168 valence electrons. The summed E-state index contributed by atoms with van der Waals surface area (Å²) in [6.07, 6.45) is 18.0. The van der Waals surface area contributed by atoms with Crippen LogP contribution in [0.1, 0.15) is 71.5 Å². The molecule has 3 saturated carbocycles. The predicted molar refractivity (Wildman–Crippen MR) is 123 cm³/mol. The molecular weight excluding hydrogens is 382 g/mol. The average molecular weight is 422 g/mol. The first-order valence-electron chi connectivity index (χ1n) is 12.6. The summed E-state index contributed by atoms with van der Waals surface area (Å²) in [4.78, 5) is 23.4. The summed E-state index contributed by atoms with van der Waals surface area (Å²) in [7, 11) is 2.02. The Balaban J connectivity index is 1.39. The van der Waals surface area contributed by atoms with Crippen molar-refractivity contribution in [1.29, 1.82) is 0 Å². The first-order valence-corrected chi connectivity index (χ1v) is 12.6. The fourth-order valence-corrected chi connectivity index (χ4v) is 8.79. The molecule has 0 N–H and O–H groups in total. The Labute approximate surface area is 187 Å². The lowest BCUT2D eigenvalue weighted by Gasteiger charge is -2.60. The van der Waals surface area contributed by atoms with E-state index >= 15 is 0 Å². The molecule has 4 aliphatic rings. The number of amides is 1. The molecule has 3 aliphatic carbocycles. The highest BCUT2D eigenvalue weighted by molar-refractivity contribution is 5.89. The maximum atomic E-state index is 12.3. The Morgan fingerprint density at radius 1 is 1.10 bits per heavy atom. The zero-order valence-electron chi connectivity index (χ0n) is 19.8. The van der Waals surface area contributed by atoms with E-state index in [9.17, 15) is 4.79 Å². The van der Waals surface area contributed by atoms with Crippen molar-refractivity contribution in [1.82, 2.24) is 14.9 Å². The van der Waals surface area contributed by atoms with E-state index in [0.717, 1.165) is 36.4 Å². The molecule has 2 unspecified atom stereocenters. The van der Waals surface area contributed by atoms with Gasteiger partial charge >= 0.3 is 0 Å². The second kappa shape index (κ2) is 7.71.